The minimum absolute atomic E-state index is 0.00974. The third kappa shape index (κ3) is 4.97. The van der Waals surface area contributed by atoms with Crippen molar-refractivity contribution in [2.75, 3.05) is 4.90 Å². The first kappa shape index (κ1) is 27.1. The van der Waals surface area contributed by atoms with Crippen LogP contribution in [0.15, 0.2) is 82.2 Å². The summed E-state index contributed by atoms with van der Waals surface area (Å²) >= 11 is 7.88. The molecule has 2 N–H and O–H groups in total. The summed E-state index contributed by atoms with van der Waals surface area (Å²) in [4.78, 5) is 16.5. The van der Waals surface area contributed by atoms with E-state index >= 15 is 0 Å². The van der Waals surface area contributed by atoms with Crippen LogP contribution in [0.25, 0.3) is 0 Å². The molecule has 0 saturated heterocycles. The van der Waals surface area contributed by atoms with Crippen LogP contribution in [0.4, 0.5) is 10.1 Å². The highest BCUT2D eigenvalue weighted by atomic mass is 35.5. The standard InChI is InChI=1S/C32H29ClFN3OS/c1-18-7-4-5-10-29(18)39-17-21-14-23(20(3)13-19(21)2)30-24(16-35)32(36)37(22-11-12-26(34)25(33)15-22)27-8-6-9-28(38)31(27)30/h4-5,7,10-15,30H,6,8-9,17,36H2,1-3H3. The van der Waals surface area contributed by atoms with E-state index in [1.54, 1.807) is 22.7 Å². The zero-order valence-corrected chi connectivity index (χ0v) is 23.7. The molecule has 0 spiro atoms. The highest BCUT2D eigenvalue weighted by Crippen LogP contribution is 2.47. The molecule has 1 unspecified atom stereocenters. The van der Waals surface area contributed by atoms with E-state index in [-0.39, 0.29) is 16.6 Å². The second kappa shape index (κ2) is 10.9. The number of carbonyl (C=O) groups excluding carboxylic acids is 1. The topological polar surface area (TPSA) is 70.1 Å². The van der Waals surface area contributed by atoms with Crippen molar-refractivity contribution in [2.45, 2.75) is 56.6 Å². The quantitative estimate of drug-likeness (QED) is 0.322. The number of nitrogens with two attached hydrogens (primary N) is 1. The fourth-order valence-corrected chi connectivity index (χ4v) is 6.84. The maximum Gasteiger partial charge on any atom is 0.161 e. The van der Waals surface area contributed by atoms with Crippen molar-refractivity contribution in [3.8, 4) is 6.07 Å². The van der Waals surface area contributed by atoms with Crippen LogP contribution in [0, 0.1) is 37.9 Å². The molecule has 198 valence electrons. The molecule has 3 aromatic rings. The summed E-state index contributed by atoms with van der Waals surface area (Å²) in [6.45, 7) is 6.22. The van der Waals surface area contributed by atoms with E-state index in [0.29, 0.717) is 36.1 Å². The summed E-state index contributed by atoms with van der Waals surface area (Å²) in [6, 6.07) is 19.2. The summed E-state index contributed by atoms with van der Waals surface area (Å²) in [6.07, 6.45) is 1.70. The smallest absolute Gasteiger partial charge is 0.161 e. The van der Waals surface area contributed by atoms with Crippen molar-refractivity contribution in [1.82, 2.24) is 0 Å². The van der Waals surface area contributed by atoms with E-state index in [4.69, 9.17) is 17.3 Å². The van der Waals surface area contributed by atoms with Gasteiger partial charge in [-0.2, -0.15) is 5.26 Å². The Kier molecular flexibility index (Phi) is 7.57. The number of thioether (sulfide) groups is 1. The number of hydrogen-bond donors (Lipinski definition) is 1. The van der Waals surface area contributed by atoms with E-state index in [2.05, 4.69) is 44.2 Å². The molecule has 1 aliphatic carbocycles. The van der Waals surface area contributed by atoms with Crippen LogP contribution in [-0.2, 0) is 10.5 Å². The van der Waals surface area contributed by atoms with Crippen molar-refractivity contribution in [2.24, 2.45) is 5.73 Å². The molecule has 7 heteroatoms. The summed E-state index contributed by atoms with van der Waals surface area (Å²) in [5, 5.41) is 10.3. The van der Waals surface area contributed by atoms with E-state index < -0.39 is 11.7 Å². The van der Waals surface area contributed by atoms with E-state index in [9.17, 15) is 14.4 Å². The minimum atomic E-state index is -0.562. The predicted octanol–water partition coefficient (Wildman–Crippen LogP) is 8.00. The van der Waals surface area contributed by atoms with Crippen molar-refractivity contribution >= 4 is 34.8 Å². The highest BCUT2D eigenvalue weighted by Gasteiger charge is 2.41. The number of aryl methyl sites for hydroxylation is 3. The van der Waals surface area contributed by atoms with E-state index in [1.165, 1.54) is 22.6 Å². The molecule has 0 aromatic heterocycles. The van der Waals surface area contributed by atoms with Gasteiger partial charge in [0.1, 0.15) is 11.6 Å². The van der Waals surface area contributed by atoms with Gasteiger partial charge in [-0.15, -0.1) is 11.8 Å². The van der Waals surface area contributed by atoms with Gasteiger partial charge in [0.05, 0.1) is 22.6 Å². The molecule has 0 fully saturated rings. The average molecular weight is 558 g/mol. The number of allylic oxidation sites excluding steroid dienone is 3. The van der Waals surface area contributed by atoms with Gasteiger partial charge >= 0.3 is 0 Å². The van der Waals surface area contributed by atoms with Crippen LogP contribution < -0.4 is 10.6 Å². The molecule has 0 amide bonds. The number of halogens is 2. The number of Topliss-reactive ketones (excluding diaryl/α,β-unsaturated/α-hetero) is 1. The number of nitriles is 1. The zero-order valence-electron chi connectivity index (χ0n) is 22.1. The van der Waals surface area contributed by atoms with Gasteiger partial charge < -0.3 is 5.73 Å². The number of ketones is 1. The molecule has 0 radical (unpaired) electrons. The van der Waals surface area contributed by atoms with E-state index in [0.717, 1.165) is 33.7 Å². The second-order valence-electron chi connectivity index (χ2n) is 10.1. The lowest BCUT2D eigenvalue weighted by molar-refractivity contribution is -0.116. The lowest BCUT2D eigenvalue weighted by Gasteiger charge is -2.40. The molecule has 3 aromatic carbocycles. The summed E-state index contributed by atoms with van der Waals surface area (Å²) in [5.41, 5.74) is 14.4. The van der Waals surface area contributed by atoms with Crippen LogP contribution in [0.1, 0.15) is 53.0 Å². The van der Waals surface area contributed by atoms with Gasteiger partial charge in [0.15, 0.2) is 5.78 Å². The second-order valence-corrected chi connectivity index (χ2v) is 11.5. The number of hydrogen-bond acceptors (Lipinski definition) is 5. The van der Waals surface area contributed by atoms with Gasteiger partial charge in [-0.25, -0.2) is 4.39 Å². The Morgan fingerprint density at radius 3 is 2.56 bits per heavy atom. The molecule has 0 saturated carbocycles. The van der Waals surface area contributed by atoms with Crippen molar-refractivity contribution in [3.05, 3.63) is 116 Å². The number of carbonyl (C=O) groups is 1. The first-order chi connectivity index (χ1) is 18.7. The normalized spacial score (nSPS) is 17.4. The Morgan fingerprint density at radius 1 is 1.08 bits per heavy atom. The van der Waals surface area contributed by atoms with Gasteiger partial charge in [0.25, 0.3) is 0 Å². The van der Waals surface area contributed by atoms with Crippen LogP contribution in [0.5, 0.6) is 0 Å². The largest absolute Gasteiger partial charge is 0.384 e. The van der Waals surface area contributed by atoms with Gasteiger partial charge in [-0.05, 0) is 85.7 Å². The van der Waals surface area contributed by atoms with Crippen LogP contribution in [0.3, 0.4) is 0 Å². The van der Waals surface area contributed by atoms with Gasteiger partial charge in [-0.1, -0.05) is 41.9 Å². The zero-order chi connectivity index (χ0) is 27.8. The first-order valence-corrected chi connectivity index (χ1v) is 14.3. The molecule has 39 heavy (non-hydrogen) atoms. The molecule has 1 atom stereocenters. The summed E-state index contributed by atoms with van der Waals surface area (Å²) in [7, 11) is 0. The van der Waals surface area contributed by atoms with Crippen molar-refractivity contribution in [1.29, 1.82) is 5.26 Å². The molecular weight excluding hydrogens is 529 g/mol. The number of rotatable bonds is 5. The van der Waals surface area contributed by atoms with Gasteiger partial charge in [-0.3, -0.25) is 9.69 Å². The molecule has 2 aliphatic rings. The van der Waals surface area contributed by atoms with E-state index in [1.807, 2.05) is 19.1 Å². The number of benzene rings is 3. The monoisotopic (exact) mass is 557 g/mol. The molecule has 5 rings (SSSR count). The summed E-state index contributed by atoms with van der Waals surface area (Å²) in [5.74, 6) is -0.0888. The van der Waals surface area contributed by atoms with Crippen LogP contribution in [0.2, 0.25) is 5.02 Å². The molecule has 4 nitrogen and oxygen atoms in total. The lowest BCUT2D eigenvalue weighted by atomic mass is 9.74. The Balaban J connectivity index is 1.64. The third-order valence-corrected chi connectivity index (χ3v) is 9.10. The van der Waals surface area contributed by atoms with Gasteiger partial charge in [0, 0.05) is 34.0 Å². The number of nitrogens with zero attached hydrogens (tertiary/aromatic N) is 2. The fraction of sp³-hybridized carbons (Fsp3) is 0.250. The fourth-order valence-electron chi connectivity index (χ4n) is 5.57. The molecule has 1 heterocycles. The maximum absolute atomic E-state index is 14.0. The maximum atomic E-state index is 14.0. The van der Waals surface area contributed by atoms with Crippen molar-refractivity contribution < 1.29 is 9.18 Å². The van der Waals surface area contributed by atoms with Crippen LogP contribution >= 0.6 is 23.4 Å². The minimum Gasteiger partial charge on any atom is -0.384 e. The Hall–Kier alpha value is -3.53. The van der Waals surface area contributed by atoms with Crippen molar-refractivity contribution in [3.63, 3.8) is 0 Å². The lowest BCUT2D eigenvalue weighted by Crippen LogP contribution is -2.39. The third-order valence-electron chi connectivity index (χ3n) is 7.59. The number of anilines is 1. The summed E-state index contributed by atoms with van der Waals surface area (Å²) < 4.78 is 14.0. The molecular formula is C32H29ClFN3OS. The Bertz CT molecular complexity index is 1600. The predicted molar refractivity (Wildman–Crippen MR) is 156 cm³/mol. The Labute approximate surface area is 238 Å². The average Bonchev–Trinajstić information content (AvgIpc) is 2.90. The highest BCUT2D eigenvalue weighted by molar-refractivity contribution is 7.98. The molecule has 1 aliphatic heterocycles. The molecule has 0 bridgehead atoms. The Morgan fingerprint density at radius 2 is 1.85 bits per heavy atom. The van der Waals surface area contributed by atoms with Gasteiger partial charge in [0.2, 0.25) is 0 Å². The SMILES string of the molecule is Cc1cc(C)c(C2C(C#N)=C(N)N(c3ccc(F)c(Cl)c3)C3=C2C(=O)CCC3)cc1CSc1ccccc1C. The van der Waals surface area contributed by atoms with Crippen LogP contribution in [-0.4, -0.2) is 5.78 Å². The first-order valence-electron chi connectivity index (χ1n) is 12.9.